The molecule has 2 rings (SSSR count). The van der Waals surface area contributed by atoms with Crippen molar-refractivity contribution in [1.29, 1.82) is 0 Å². The SMILES string of the molecule is CN=C(NCCS(=O)(=O)NCC1CCCCO1)Nc1cc(OC)c(OC)c(OC)c1.I. The Morgan fingerprint density at radius 2 is 1.84 bits per heavy atom. The number of ether oxygens (including phenoxy) is 4. The van der Waals surface area contributed by atoms with Gasteiger partial charge in [0.15, 0.2) is 17.5 Å². The fraction of sp³-hybridized carbons (Fsp3) is 0.632. The molecule has 1 heterocycles. The summed E-state index contributed by atoms with van der Waals surface area (Å²) in [5.41, 5.74) is 0.646. The molecule has 1 aromatic rings. The van der Waals surface area contributed by atoms with Gasteiger partial charge in [-0.15, -0.1) is 24.0 Å². The summed E-state index contributed by atoms with van der Waals surface area (Å²) in [7, 11) is 2.77. The van der Waals surface area contributed by atoms with Gasteiger partial charge < -0.3 is 29.6 Å². The highest BCUT2D eigenvalue weighted by Gasteiger charge is 2.18. The van der Waals surface area contributed by atoms with Gasteiger partial charge in [-0.25, -0.2) is 13.1 Å². The van der Waals surface area contributed by atoms with Crippen LogP contribution in [0, 0.1) is 0 Å². The molecule has 3 N–H and O–H groups in total. The van der Waals surface area contributed by atoms with Gasteiger partial charge in [0.1, 0.15) is 0 Å². The van der Waals surface area contributed by atoms with Crippen LogP contribution in [0.25, 0.3) is 0 Å². The Hall–Kier alpha value is -1.51. The molecule has 0 aromatic heterocycles. The molecule has 1 unspecified atom stereocenters. The lowest BCUT2D eigenvalue weighted by Gasteiger charge is -2.22. The monoisotopic (exact) mass is 572 g/mol. The number of nitrogens with one attached hydrogen (secondary N) is 3. The fourth-order valence-electron chi connectivity index (χ4n) is 3.03. The van der Waals surface area contributed by atoms with Crippen LogP contribution < -0.4 is 29.6 Å². The van der Waals surface area contributed by atoms with Crippen molar-refractivity contribution in [3.63, 3.8) is 0 Å². The molecule has 1 aliphatic rings. The molecule has 1 saturated heterocycles. The Morgan fingerprint density at radius 3 is 2.35 bits per heavy atom. The van der Waals surface area contributed by atoms with Crippen molar-refractivity contribution < 1.29 is 27.4 Å². The minimum Gasteiger partial charge on any atom is -0.493 e. The summed E-state index contributed by atoms with van der Waals surface area (Å²) in [6.45, 7) is 1.18. The molecule has 0 amide bonds. The first kappa shape index (κ1) is 27.5. The quantitative estimate of drug-likeness (QED) is 0.221. The molecule has 0 bridgehead atoms. The van der Waals surface area contributed by atoms with Crippen molar-refractivity contribution in [1.82, 2.24) is 10.0 Å². The van der Waals surface area contributed by atoms with Crippen molar-refractivity contribution in [2.45, 2.75) is 25.4 Å². The predicted octanol–water partition coefficient (Wildman–Crippen LogP) is 1.81. The van der Waals surface area contributed by atoms with E-state index in [2.05, 4.69) is 20.3 Å². The average Bonchev–Trinajstić information content (AvgIpc) is 2.76. The number of hydrogen-bond donors (Lipinski definition) is 3. The maximum absolute atomic E-state index is 12.2. The molecule has 0 aliphatic carbocycles. The smallest absolute Gasteiger partial charge is 0.213 e. The summed E-state index contributed by atoms with van der Waals surface area (Å²) in [6, 6.07) is 3.47. The van der Waals surface area contributed by atoms with Crippen molar-refractivity contribution in [3.8, 4) is 17.2 Å². The summed E-state index contributed by atoms with van der Waals surface area (Å²) in [5.74, 6) is 1.79. The molecular formula is C19H33IN4O6S. The zero-order valence-electron chi connectivity index (χ0n) is 18.4. The van der Waals surface area contributed by atoms with Crippen LogP contribution >= 0.6 is 24.0 Å². The molecular weight excluding hydrogens is 539 g/mol. The maximum Gasteiger partial charge on any atom is 0.213 e. The number of rotatable bonds is 10. The highest BCUT2D eigenvalue weighted by Crippen LogP contribution is 2.39. The maximum atomic E-state index is 12.2. The third-order valence-corrected chi connectivity index (χ3v) is 5.97. The second-order valence-corrected chi connectivity index (χ2v) is 8.62. The standard InChI is InChI=1S/C19H32N4O6S.HI/c1-20-19(23-14-11-16(26-2)18(28-4)17(12-14)27-3)21-8-10-30(24,25)22-13-15-7-5-6-9-29-15;/h11-12,15,22H,5-10,13H2,1-4H3,(H2,20,21,23);1H. The number of anilines is 1. The van der Waals surface area contributed by atoms with Gasteiger partial charge in [-0.05, 0) is 19.3 Å². The number of methoxy groups -OCH3 is 3. The van der Waals surface area contributed by atoms with E-state index in [4.69, 9.17) is 18.9 Å². The van der Waals surface area contributed by atoms with E-state index in [1.54, 1.807) is 19.2 Å². The Bertz CT molecular complexity index is 791. The molecule has 1 fully saturated rings. The molecule has 1 aromatic carbocycles. The molecule has 0 radical (unpaired) electrons. The molecule has 178 valence electrons. The van der Waals surface area contributed by atoms with Gasteiger partial charge in [-0.3, -0.25) is 4.99 Å². The molecule has 10 nitrogen and oxygen atoms in total. The summed E-state index contributed by atoms with van der Waals surface area (Å²) in [6.07, 6.45) is 2.93. The van der Waals surface area contributed by atoms with E-state index >= 15 is 0 Å². The highest BCUT2D eigenvalue weighted by atomic mass is 127. The Morgan fingerprint density at radius 1 is 1.16 bits per heavy atom. The highest BCUT2D eigenvalue weighted by molar-refractivity contribution is 14.0. The van der Waals surface area contributed by atoms with Gasteiger partial charge >= 0.3 is 0 Å². The molecule has 1 aliphatic heterocycles. The number of aliphatic imine (C=N–C) groups is 1. The lowest BCUT2D eigenvalue weighted by molar-refractivity contribution is 0.0200. The van der Waals surface area contributed by atoms with Crippen molar-refractivity contribution in [2.75, 3.05) is 59.1 Å². The van der Waals surface area contributed by atoms with Gasteiger partial charge in [0, 0.05) is 44.6 Å². The average molecular weight is 572 g/mol. The number of halogens is 1. The van der Waals surface area contributed by atoms with Crippen molar-refractivity contribution >= 4 is 45.6 Å². The van der Waals surface area contributed by atoms with E-state index in [0.29, 0.717) is 42.0 Å². The number of sulfonamides is 1. The first-order valence-corrected chi connectivity index (χ1v) is 11.4. The van der Waals surface area contributed by atoms with Crippen LogP contribution in [0.15, 0.2) is 17.1 Å². The second kappa shape index (κ2) is 13.8. The first-order valence-electron chi connectivity index (χ1n) is 9.79. The van der Waals surface area contributed by atoms with Crippen molar-refractivity contribution in [2.24, 2.45) is 4.99 Å². The normalized spacial score (nSPS) is 16.8. The predicted molar refractivity (Wildman–Crippen MR) is 132 cm³/mol. The third-order valence-electron chi connectivity index (χ3n) is 4.62. The van der Waals surface area contributed by atoms with Crippen LogP contribution in [0.1, 0.15) is 19.3 Å². The Kier molecular flexibility index (Phi) is 12.3. The van der Waals surface area contributed by atoms with E-state index in [-0.39, 0.29) is 42.4 Å². The number of nitrogens with zero attached hydrogens (tertiary/aromatic N) is 1. The van der Waals surface area contributed by atoms with Crippen LogP contribution in [0.4, 0.5) is 5.69 Å². The minimum atomic E-state index is -3.42. The minimum absolute atomic E-state index is 0. The Labute approximate surface area is 201 Å². The van der Waals surface area contributed by atoms with E-state index < -0.39 is 10.0 Å². The summed E-state index contributed by atoms with van der Waals surface area (Å²) in [4.78, 5) is 4.12. The lowest BCUT2D eigenvalue weighted by atomic mass is 10.1. The van der Waals surface area contributed by atoms with Crippen molar-refractivity contribution in [3.05, 3.63) is 12.1 Å². The van der Waals surface area contributed by atoms with Crippen LogP contribution in [-0.2, 0) is 14.8 Å². The molecule has 0 spiro atoms. The summed E-state index contributed by atoms with van der Waals surface area (Å²) in [5, 5.41) is 6.08. The zero-order valence-corrected chi connectivity index (χ0v) is 21.5. The second-order valence-electron chi connectivity index (χ2n) is 6.69. The number of guanidine groups is 1. The zero-order chi connectivity index (χ0) is 22.0. The summed E-state index contributed by atoms with van der Waals surface area (Å²) >= 11 is 0. The van der Waals surface area contributed by atoms with Gasteiger partial charge in [-0.1, -0.05) is 0 Å². The van der Waals surface area contributed by atoms with E-state index in [1.165, 1.54) is 21.3 Å². The van der Waals surface area contributed by atoms with Crippen LogP contribution in [0.5, 0.6) is 17.2 Å². The molecule has 31 heavy (non-hydrogen) atoms. The largest absolute Gasteiger partial charge is 0.493 e. The van der Waals surface area contributed by atoms with E-state index in [1.807, 2.05) is 0 Å². The number of benzene rings is 1. The van der Waals surface area contributed by atoms with Gasteiger partial charge in [-0.2, -0.15) is 0 Å². The Balaban J connectivity index is 0.00000480. The number of hydrogen-bond acceptors (Lipinski definition) is 7. The third kappa shape index (κ3) is 8.86. The molecule has 0 saturated carbocycles. The van der Waals surface area contributed by atoms with Crippen LogP contribution in [0.3, 0.4) is 0 Å². The molecule has 12 heteroatoms. The molecule has 1 atom stereocenters. The topological polar surface area (TPSA) is 120 Å². The van der Waals surface area contributed by atoms with Crippen LogP contribution in [0.2, 0.25) is 0 Å². The van der Waals surface area contributed by atoms with E-state index in [0.717, 1.165) is 19.3 Å². The van der Waals surface area contributed by atoms with Gasteiger partial charge in [0.25, 0.3) is 0 Å². The van der Waals surface area contributed by atoms with E-state index in [9.17, 15) is 8.42 Å². The van der Waals surface area contributed by atoms with Gasteiger partial charge in [0.05, 0.1) is 33.2 Å². The fourth-order valence-corrected chi connectivity index (χ4v) is 3.99. The lowest BCUT2D eigenvalue weighted by Crippen LogP contribution is -2.40. The summed E-state index contributed by atoms with van der Waals surface area (Å²) < 4.78 is 48.6. The van der Waals surface area contributed by atoms with Gasteiger partial charge in [0.2, 0.25) is 15.8 Å². The van der Waals surface area contributed by atoms with Crippen LogP contribution in [-0.4, -0.2) is 74.3 Å². The first-order chi connectivity index (χ1) is 14.4.